The summed E-state index contributed by atoms with van der Waals surface area (Å²) in [5, 5.41) is 0.707. The third kappa shape index (κ3) is 4.15. The largest absolute Gasteiger partial charge is 0.444 e. The number of fused-ring (bicyclic) bond motifs is 1. The molecule has 132 valence electrons. The summed E-state index contributed by atoms with van der Waals surface area (Å²) in [5.74, 6) is -0.883. The number of para-hydroxylation sites is 1. The third-order valence-electron chi connectivity index (χ3n) is 3.67. The Hall–Kier alpha value is -2.99. The van der Waals surface area contributed by atoms with Crippen molar-refractivity contribution in [3.63, 3.8) is 0 Å². The molecule has 0 N–H and O–H groups in total. The number of hydrogen-bond donors (Lipinski definition) is 0. The first-order valence-electron chi connectivity index (χ1n) is 8.05. The highest BCUT2D eigenvalue weighted by molar-refractivity contribution is 7.19. The van der Waals surface area contributed by atoms with Crippen LogP contribution in [0, 0.1) is 0 Å². The molecular weight excluding hydrogens is 348 g/mol. The fourth-order valence-electron chi connectivity index (χ4n) is 2.38. The Morgan fingerprint density at radius 1 is 1.08 bits per heavy atom. The van der Waals surface area contributed by atoms with Gasteiger partial charge in [0.25, 0.3) is 5.91 Å². The lowest BCUT2D eigenvalue weighted by Crippen LogP contribution is -2.30. The van der Waals surface area contributed by atoms with Crippen molar-refractivity contribution in [1.29, 1.82) is 0 Å². The van der Waals surface area contributed by atoms with Crippen molar-refractivity contribution in [2.75, 3.05) is 14.1 Å². The van der Waals surface area contributed by atoms with E-state index in [2.05, 4.69) is 4.98 Å². The highest BCUT2D eigenvalue weighted by Crippen LogP contribution is 2.23. The number of likely N-dealkylation sites (N-methyl/N-ethyl adjacent to an activating group) is 1. The number of rotatable bonds is 5. The number of ether oxygens (including phenoxy) is 1. The summed E-state index contributed by atoms with van der Waals surface area (Å²) in [7, 11) is 3.26. The van der Waals surface area contributed by atoms with Crippen LogP contribution in [-0.4, -0.2) is 35.9 Å². The third-order valence-corrected chi connectivity index (χ3v) is 4.68. The van der Waals surface area contributed by atoms with Crippen molar-refractivity contribution in [1.82, 2.24) is 9.88 Å². The molecule has 1 atom stereocenters. The van der Waals surface area contributed by atoms with Gasteiger partial charge in [-0.15, -0.1) is 11.3 Å². The Labute approximate surface area is 155 Å². The summed E-state index contributed by atoms with van der Waals surface area (Å²) < 4.78 is 6.46. The lowest BCUT2D eigenvalue weighted by molar-refractivity contribution is -0.155. The predicted octanol–water partition coefficient (Wildman–Crippen LogP) is 3.68. The average Bonchev–Trinajstić information content (AvgIpc) is 3.07. The molecule has 3 aromatic rings. The maximum atomic E-state index is 12.4. The highest BCUT2D eigenvalue weighted by atomic mass is 32.1. The second kappa shape index (κ2) is 7.93. The molecule has 0 saturated carbocycles. The fourth-order valence-corrected chi connectivity index (χ4v) is 3.25. The number of carbonyl (C=O) groups is 2. The second-order valence-corrected chi connectivity index (χ2v) is 6.88. The van der Waals surface area contributed by atoms with Crippen LogP contribution in [0.3, 0.4) is 0 Å². The number of amides is 1. The van der Waals surface area contributed by atoms with Crippen LogP contribution >= 0.6 is 11.3 Å². The van der Waals surface area contributed by atoms with Gasteiger partial charge in [-0.3, -0.25) is 4.79 Å². The summed E-state index contributed by atoms with van der Waals surface area (Å²) in [5.41, 5.74) is 1.52. The topological polar surface area (TPSA) is 59.5 Å². The molecule has 0 aliphatic carbocycles. The Morgan fingerprint density at radius 2 is 1.77 bits per heavy atom. The quantitative estimate of drug-likeness (QED) is 0.510. The van der Waals surface area contributed by atoms with Crippen LogP contribution in [0.2, 0.25) is 0 Å². The van der Waals surface area contributed by atoms with Crippen molar-refractivity contribution < 1.29 is 14.3 Å². The first-order chi connectivity index (χ1) is 12.5. The molecule has 0 bridgehead atoms. The molecule has 0 radical (unpaired) electrons. The number of aromatic nitrogens is 1. The zero-order valence-electron chi connectivity index (χ0n) is 14.5. The van der Waals surface area contributed by atoms with E-state index in [4.69, 9.17) is 4.74 Å². The van der Waals surface area contributed by atoms with E-state index >= 15 is 0 Å². The zero-order valence-corrected chi connectivity index (χ0v) is 15.3. The Morgan fingerprint density at radius 3 is 2.46 bits per heavy atom. The SMILES string of the molecule is CN(C)C(=O)[C@@H](OC(=O)/C=C/c1nc2ccccc2s1)c1ccccc1. The molecule has 5 nitrogen and oxygen atoms in total. The number of esters is 1. The van der Waals surface area contributed by atoms with Crippen LogP contribution in [0.1, 0.15) is 16.7 Å². The molecule has 3 rings (SSSR count). The molecule has 0 fully saturated rings. The van der Waals surface area contributed by atoms with Gasteiger partial charge in [-0.05, 0) is 18.2 Å². The van der Waals surface area contributed by atoms with E-state index in [9.17, 15) is 9.59 Å². The van der Waals surface area contributed by atoms with Crippen LogP contribution < -0.4 is 0 Å². The van der Waals surface area contributed by atoms with Crippen LogP contribution in [0.25, 0.3) is 16.3 Å². The number of hydrogen-bond acceptors (Lipinski definition) is 5. The minimum atomic E-state index is -0.973. The molecule has 1 aromatic heterocycles. The number of nitrogens with zero attached hydrogens (tertiary/aromatic N) is 2. The maximum Gasteiger partial charge on any atom is 0.331 e. The maximum absolute atomic E-state index is 12.4. The van der Waals surface area contributed by atoms with E-state index < -0.39 is 12.1 Å². The number of carbonyl (C=O) groups excluding carboxylic acids is 2. The van der Waals surface area contributed by atoms with Gasteiger partial charge >= 0.3 is 5.97 Å². The minimum Gasteiger partial charge on any atom is -0.444 e. The van der Waals surface area contributed by atoms with Crippen molar-refractivity contribution in [2.45, 2.75) is 6.10 Å². The first-order valence-corrected chi connectivity index (χ1v) is 8.86. The lowest BCUT2D eigenvalue weighted by atomic mass is 10.1. The average molecular weight is 366 g/mol. The first kappa shape index (κ1) is 17.8. The number of benzene rings is 2. The van der Waals surface area contributed by atoms with Crippen LogP contribution in [0.4, 0.5) is 0 Å². The summed E-state index contributed by atoms with van der Waals surface area (Å²) in [6.07, 6.45) is 1.94. The van der Waals surface area contributed by atoms with E-state index in [1.807, 2.05) is 30.3 Å². The van der Waals surface area contributed by atoms with E-state index in [1.165, 1.54) is 22.3 Å². The van der Waals surface area contributed by atoms with Gasteiger partial charge in [-0.25, -0.2) is 9.78 Å². The minimum absolute atomic E-state index is 0.294. The van der Waals surface area contributed by atoms with Crippen LogP contribution in [-0.2, 0) is 14.3 Å². The molecule has 0 unspecified atom stereocenters. The summed E-state index contributed by atoms with van der Waals surface area (Å²) in [6, 6.07) is 16.7. The van der Waals surface area contributed by atoms with Crippen molar-refractivity contribution >= 4 is 39.5 Å². The van der Waals surface area contributed by atoms with E-state index in [1.54, 1.807) is 44.4 Å². The van der Waals surface area contributed by atoms with Crippen molar-refractivity contribution in [3.05, 3.63) is 71.2 Å². The molecule has 0 aliphatic rings. The Kier molecular flexibility index (Phi) is 5.43. The highest BCUT2D eigenvalue weighted by Gasteiger charge is 2.25. The van der Waals surface area contributed by atoms with E-state index in [-0.39, 0.29) is 5.91 Å². The van der Waals surface area contributed by atoms with Crippen LogP contribution in [0.15, 0.2) is 60.7 Å². The predicted molar refractivity (Wildman–Crippen MR) is 103 cm³/mol. The summed E-state index contributed by atoms with van der Waals surface area (Å²) in [4.78, 5) is 30.5. The molecule has 0 aliphatic heterocycles. The zero-order chi connectivity index (χ0) is 18.5. The molecule has 0 spiro atoms. The molecule has 0 saturated heterocycles. The van der Waals surface area contributed by atoms with Gasteiger partial charge in [-0.1, -0.05) is 42.5 Å². The van der Waals surface area contributed by atoms with Gasteiger partial charge in [0.05, 0.1) is 10.2 Å². The molecule has 2 aromatic carbocycles. The molecule has 1 amide bonds. The Bertz CT molecular complexity index is 915. The number of thiazole rings is 1. The molecule has 6 heteroatoms. The smallest absolute Gasteiger partial charge is 0.331 e. The Balaban J connectivity index is 1.76. The second-order valence-electron chi connectivity index (χ2n) is 5.81. The van der Waals surface area contributed by atoms with Gasteiger partial charge in [0.1, 0.15) is 5.01 Å². The standard InChI is InChI=1S/C20H18N2O3S/c1-22(2)20(24)19(14-8-4-3-5-9-14)25-18(23)13-12-17-21-15-10-6-7-11-16(15)26-17/h3-13,19H,1-2H3/b13-12+/t19-/m0/s1. The van der Waals surface area contributed by atoms with Gasteiger partial charge in [0.15, 0.2) is 0 Å². The molecule has 26 heavy (non-hydrogen) atoms. The monoisotopic (exact) mass is 366 g/mol. The fraction of sp³-hybridized carbons (Fsp3) is 0.150. The normalized spacial score (nSPS) is 12.2. The van der Waals surface area contributed by atoms with Crippen LogP contribution in [0.5, 0.6) is 0 Å². The van der Waals surface area contributed by atoms with Gasteiger partial charge in [0.2, 0.25) is 6.10 Å². The summed E-state index contributed by atoms with van der Waals surface area (Å²) >= 11 is 1.48. The summed E-state index contributed by atoms with van der Waals surface area (Å²) in [6.45, 7) is 0. The van der Waals surface area contributed by atoms with E-state index in [0.29, 0.717) is 10.6 Å². The van der Waals surface area contributed by atoms with Crippen molar-refractivity contribution in [2.24, 2.45) is 0 Å². The van der Waals surface area contributed by atoms with E-state index in [0.717, 1.165) is 10.2 Å². The lowest BCUT2D eigenvalue weighted by Gasteiger charge is -2.20. The van der Waals surface area contributed by atoms with Gasteiger partial charge < -0.3 is 9.64 Å². The molecular formula is C20H18N2O3S. The molecule has 1 heterocycles. The van der Waals surface area contributed by atoms with Gasteiger partial charge in [0, 0.05) is 25.7 Å². The van der Waals surface area contributed by atoms with Gasteiger partial charge in [-0.2, -0.15) is 0 Å². The van der Waals surface area contributed by atoms with Crippen molar-refractivity contribution in [3.8, 4) is 0 Å².